The van der Waals surface area contributed by atoms with Crippen LogP contribution in [0.3, 0.4) is 0 Å². The van der Waals surface area contributed by atoms with Crippen molar-refractivity contribution < 1.29 is 4.79 Å². The van der Waals surface area contributed by atoms with Crippen LogP contribution >= 0.6 is 0 Å². The smallest absolute Gasteiger partial charge is 0.242 e. The number of aryl methyl sites for hydroxylation is 1. The van der Waals surface area contributed by atoms with Crippen LogP contribution in [-0.2, 0) is 24.4 Å². The fourth-order valence-corrected chi connectivity index (χ4v) is 3.51. The van der Waals surface area contributed by atoms with Crippen LogP contribution in [0.1, 0.15) is 36.6 Å². The number of hydrogen-bond donors (Lipinski definition) is 1. The maximum atomic E-state index is 12.2. The van der Waals surface area contributed by atoms with Crippen LogP contribution in [0.5, 0.6) is 0 Å². The van der Waals surface area contributed by atoms with E-state index in [0.717, 1.165) is 18.2 Å². The van der Waals surface area contributed by atoms with E-state index >= 15 is 0 Å². The SMILES string of the molecule is Cc1ccnn1CC(=O)NCc1ccccc1CN1CCCC(C)C1. The molecule has 0 bridgehead atoms. The van der Waals surface area contributed by atoms with E-state index < -0.39 is 0 Å². The zero-order valence-corrected chi connectivity index (χ0v) is 15.2. The number of carbonyl (C=O) groups is 1. The summed E-state index contributed by atoms with van der Waals surface area (Å²) in [4.78, 5) is 14.7. The number of carbonyl (C=O) groups excluding carboxylic acids is 1. The summed E-state index contributed by atoms with van der Waals surface area (Å²) in [7, 11) is 0. The Morgan fingerprint density at radius 3 is 2.80 bits per heavy atom. The van der Waals surface area contributed by atoms with Gasteiger partial charge in [0, 0.05) is 31.5 Å². The number of aromatic nitrogens is 2. The third-order valence-corrected chi connectivity index (χ3v) is 4.95. The molecule has 0 spiro atoms. The molecule has 1 aliphatic rings. The molecule has 1 unspecified atom stereocenters. The summed E-state index contributed by atoms with van der Waals surface area (Å²) in [6.45, 7) is 8.42. The van der Waals surface area contributed by atoms with E-state index in [1.165, 1.54) is 37.1 Å². The molecule has 0 saturated carbocycles. The third kappa shape index (κ3) is 4.92. The topological polar surface area (TPSA) is 50.2 Å². The predicted molar refractivity (Wildman–Crippen MR) is 98.9 cm³/mol. The molecule has 5 nitrogen and oxygen atoms in total. The first-order valence-electron chi connectivity index (χ1n) is 9.16. The zero-order chi connectivity index (χ0) is 17.6. The van der Waals surface area contributed by atoms with Crippen LogP contribution in [0.2, 0.25) is 0 Å². The van der Waals surface area contributed by atoms with Gasteiger partial charge in [0.15, 0.2) is 0 Å². The van der Waals surface area contributed by atoms with E-state index in [4.69, 9.17) is 0 Å². The second-order valence-electron chi connectivity index (χ2n) is 7.16. The Labute approximate surface area is 150 Å². The molecule has 1 N–H and O–H groups in total. The lowest BCUT2D eigenvalue weighted by Crippen LogP contribution is -2.34. The molecule has 5 heteroatoms. The van der Waals surface area contributed by atoms with Crippen molar-refractivity contribution >= 4 is 5.91 Å². The van der Waals surface area contributed by atoms with Gasteiger partial charge in [-0.1, -0.05) is 31.2 Å². The van der Waals surface area contributed by atoms with Crippen LogP contribution in [0.15, 0.2) is 36.5 Å². The summed E-state index contributed by atoms with van der Waals surface area (Å²) in [5, 5.41) is 7.19. The maximum Gasteiger partial charge on any atom is 0.242 e. The maximum absolute atomic E-state index is 12.2. The van der Waals surface area contributed by atoms with Crippen LogP contribution < -0.4 is 5.32 Å². The van der Waals surface area contributed by atoms with E-state index in [1.54, 1.807) is 10.9 Å². The number of piperidine rings is 1. The summed E-state index contributed by atoms with van der Waals surface area (Å²) in [6, 6.07) is 10.3. The van der Waals surface area contributed by atoms with Crippen molar-refractivity contribution in [2.45, 2.75) is 46.3 Å². The molecule has 1 fully saturated rings. The summed E-state index contributed by atoms with van der Waals surface area (Å²) in [5.74, 6) is 0.770. The monoisotopic (exact) mass is 340 g/mol. The summed E-state index contributed by atoms with van der Waals surface area (Å²) in [5.41, 5.74) is 3.51. The molecule has 2 aromatic rings. The van der Waals surface area contributed by atoms with Crippen molar-refractivity contribution in [1.82, 2.24) is 20.0 Å². The number of nitrogens with zero attached hydrogens (tertiary/aromatic N) is 3. The summed E-state index contributed by atoms with van der Waals surface area (Å²) < 4.78 is 1.72. The van der Waals surface area contributed by atoms with E-state index in [0.29, 0.717) is 6.54 Å². The normalized spacial score (nSPS) is 18.2. The summed E-state index contributed by atoms with van der Waals surface area (Å²) >= 11 is 0. The second kappa shape index (κ2) is 8.30. The van der Waals surface area contributed by atoms with Gasteiger partial charge in [-0.15, -0.1) is 0 Å². The standard InChI is InChI=1S/C20H28N4O/c1-16-6-5-11-23(13-16)14-19-8-4-3-7-18(19)12-21-20(25)15-24-17(2)9-10-22-24/h3-4,7-10,16H,5-6,11-15H2,1-2H3,(H,21,25). The van der Waals surface area contributed by atoms with Gasteiger partial charge in [0.25, 0.3) is 0 Å². The molecular formula is C20H28N4O. The molecule has 1 atom stereocenters. The van der Waals surface area contributed by atoms with Gasteiger partial charge in [0.2, 0.25) is 5.91 Å². The molecule has 0 aliphatic carbocycles. The van der Waals surface area contributed by atoms with Crippen LogP contribution in [0, 0.1) is 12.8 Å². The molecule has 1 aromatic heterocycles. The van der Waals surface area contributed by atoms with E-state index in [9.17, 15) is 4.79 Å². The van der Waals surface area contributed by atoms with Gasteiger partial charge < -0.3 is 5.32 Å². The lowest BCUT2D eigenvalue weighted by Gasteiger charge is -2.31. The Balaban J connectivity index is 1.57. The molecule has 25 heavy (non-hydrogen) atoms. The fourth-order valence-electron chi connectivity index (χ4n) is 3.51. The Bertz CT molecular complexity index is 709. The predicted octanol–water partition coefficient (Wildman–Crippen LogP) is 2.74. The van der Waals surface area contributed by atoms with Gasteiger partial charge in [-0.25, -0.2) is 0 Å². The lowest BCUT2D eigenvalue weighted by molar-refractivity contribution is -0.122. The van der Waals surface area contributed by atoms with Gasteiger partial charge in [0.05, 0.1) is 0 Å². The highest BCUT2D eigenvalue weighted by atomic mass is 16.2. The number of rotatable bonds is 6. The second-order valence-corrected chi connectivity index (χ2v) is 7.16. The Morgan fingerprint density at radius 2 is 2.08 bits per heavy atom. The van der Waals surface area contributed by atoms with Crippen LogP contribution in [0.4, 0.5) is 0 Å². The minimum Gasteiger partial charge on any atom is -0.350 e. The molecule has 134 valence electrons. The minimum atomic E-state index is -0.00630. The first kappa shape index (κ1) is 17.7. The number of hydrogen-bond acceptors (Lipinski definition) is 3. The molecule has 1 aromatic carbocycles. The fraction of sp³-hybridized carbons (Fsp3) is 0.500. The van der Waals surface area contributed by atoms with Crippen molar-refractivity contribution in [3.05, 3.63) is 53.3 Å². The molecule has 1 saturated heterocycles. The first-order chi connectivity index (χ1) is 12.1. The Hall–Kier alpha value is -2.14. The highest BCUT2D eigenvalue weighted by Gasteiger charge is 2.17. The van der Waals surface area contributed by atoms with Crippen molar-refractivity contribution in [3.63, 3.8) is 0 Å². The number of likely N-dealkylation sites (tertiary alicyclic amines) is 1. The highest BCUT2D eigenvalue weighted by molar-refractivity contribution is 5.75. The van der Waals surface area contributed by atoms with Crippen molar-refractivity contribution in [3.8, 4) is 0 Å². The molecule has 3 rings (SSSR count). The largest absolute Gasteiger partial charge is 0.350 e. The summed E-state index contributed by atoms with van der Waals surface area (Å²) in [6.07, 6.45) is 4.34. The molecule has 1 aliphatic heterocycles. The average Bonchev–Trinajstić information content (AvgIpc) is 2.99. The van der Waals surface area contributed by atoms with E-state index in [1.807, 2.05) is 19.1 Å². The van der Waals surface area contributed by atoms with Gasteiger partial charge in [-0.2, -0.15) is 5.10 Å². The van der Waals surface area contributed by atoms with Gasteiger partial charge in [-0.3, -0.25) is 14.4 Å². The Morgan fingerprint density at radius 1 is 1.28 bits per heavy atom. The molecule has 1 amide bonds. The van der Waals surface area contributed by atoms with Crippen LogP contribution in [0.25, 0.3) is 0 Å². The highest BCUT2D eigenvalue weighted by Crippen LogP contribution is 2.19. The first-order valence-corrected chi connectivity index (χ1v) is 9.16. The number of benzene rings is 1. The van der Waals surface area contributed by atoms with Gasteiger partial charge in [0.1, 0.15) is 6.54 Å². The van der Waals surface area contributed by atoms with E-state index in [-0.39, 0.29) is 12.5 Å². The molecule has 0 radical (unpaired) electrons. The quantitative estimate of drug-likeness (QED) is 0.880. The van der Waals surface area contributed by atoms with E-state index in [2.05, 4.69) is 40.4 Å². The van der Waals surface area contributed by atoms with Crippen LogP contribution in [-0.4, -0.2) is 33.7 Å². The minimum absolute atomic E-state index is 0.00630. The van der Waals surface area contributed by atoms with Crippen molar-refractivity contribution in [1.29, 1.82) is 0 Å². The lowest BCUT2D eigenvalue weighted by atomic mass is 9.99. The van der Waals surface area contributed by atoms with Crippen molar-refractivity contribution in [2.24, 2.45) is 5.92 Å². The number of amides is 1. The third-order valence-electron chi connectivity index (χ3n) is 4.95. The van der Waals surface area contributed by atoms with Crippen molar-refractivity contribution in [2.75, 3.05) is 13.1 Å². The Kier molecular flexibility index (Phi) is 5.87. The zero-order valence-electron chi connectivity index (χ0n) is 15.2. The van der Waals surface area contributed by atoms with Gasteiger partial charge >= 0.3 is 0 Å². The molecule has 2 heterocycles. The number of nitrogens with one attached hydrogen (secondary N) is 1. The average molecular weight is 340 g/mol. The van der Waals surface area contributed by atoms with Gasteiger partial charge in [-0.05, 0) is 49.4 Å². The molecular weight excluding hydrogens is 312 g/mol.